The lowest BCUT2D eigenvalue weighted by atomic mass is 9.86. The summed E-state index contributed by atoms with van der Waals surface area (Å²) in [5, 5.41) is 3.18. The van der Waals surface area contributed by atoms with E-state index in [0.29, 0.717) is 36.6 Å². The predicted octanol–water partition coefficient (Wildman–Crippen LogP) is 15.2. The van der Waals surface area contributed by atoms with Crippen LogP contribution in [0.4, 0.5) is 0 Å². The maximum Gasteiger partial charge on any atom is 0.305 e. The molecule has 3 atom stereocenters. The minimum Gasteiger partial charge on any atom is -0.498 e. The van der Waals surface area contributed by atoms with Crippen LogP contribution in [-0.2, 0) is 19.1 Å². The fraction of sp³-hybridized carbons (Fsp3) is 0.922. The molecule has 3 unspecified atom stereocenters. The molecule has 5 nitrogen and oxygen atoms in total. The fourth-order valence-corrected chi connectivity index (χ4v) is 8.19. The third-order valence-electron chi connectivity index (χ3n) is 12.4. The van der Waals surface area contributed by atoms with Crippen molar-refractivity contribution in [2.24, 2.45) is 41.4 Å². The Morgan fingerprint density at radius 1 is 0.500 bits per heavy atom. The maximum atomic E-state index is 12.8. The van der Waals surface area contributed by atoms with Gasteiger partial charge in [-0.3, -0.25) is 9.59 Å². The number of hydrogen-bond donors (Lipinski definition) is 1. The zero-order valence-corrected chi connectivity index (χ0v) is 39.5. The normalized spacial score (nSPS) is 13.9. The number of ketones is 1. The summed E-state index contributed by atoms with van der Waals surface area (Å²) in [5.74, 6) is 6.50. The number of carbonyl (C=O) groups excluding carboxylic acids is 2. The van der Waals surface area contributed by atoms with Gasteiger partial charge in [-0.2, -0.15) is 0 Å². The first kappa shape index (κ1) is 54.6. The molecule has 56 heavy (non-hydrogen) atoms. The summed E-state index contributed by atoms with van der Waals surface area (Å²) in [5.41, 5.74) is 0. The van der Waals surface area contributed by atoms with Crippen molar-refractivity contribution < 1.29 is 19.1 Å². The Balaban J connectivity index is 4.20. The highest BCUT2D eigenvalue weighted by Crippen LogP contribution is 2.26. The van der Waals surface area contributed by atoms with E-state index in [0.717, 1.165) is 81.8 Å². The number of unbranched alkanes of at least 4 members (excludes halogenated alkanes) is 12. The molecule has 0 aliphatic carbocycles. The highest BCUT2D eigenvalue weighted by atomic mass is 16.5. The summed E-state index contributed by atoms with van der Waals surface area (Å²) >= 11 is 0. The Kier molecular flexibility index (Phi) is 37.0. The minimum atomic E-state index is -0.0133. The SMILES string of the molecule is C/C=C(/CCCCCCCCCC(CCCCCCCCCC(=O)OCCC(CCC(C)C)C(C)C)CC(=O)CCCNC)OCCC(CCC(C)C)C(C)C. The molecule has 0 fully saturated rings. The van der Waals surface area contributed by atoms with Crippen LogP contribution in [-0.4, -0.2) is 38.6 Å². The lowest BCUT2D eigenvalue weighted by Crippen LogP contribution is -2.15. The van der Waals surface area contributed by atoms with Crippen molar-refractivity contribution in [3.8, 4) is 0 Å². The largest absolute Gasteiger partial charge is 0.498 e. The second-order valence-electron chi connectivity index (χ2n) is 19.2. The summed E-state index contributed by atoms with van der Waals surface area (Å²) in [6.45, 7) is 23.0. The van der Waals surface area contributed by atoms with E-state index in [4.69, 9.17) is 9.47 Å². The summed E-state index contributed by atoms with van der Waals surface area (Å²) in [4.78, 5) is 25.0. The predicted molar refractivity (Wildman–Crippen MR) is 244 cm³/mol. The van der Waals surface area contributed by atoms with Crippen molar-refractivity contribution in [2.75, 3.05) is 26.8 Å². The van der Waals surface area contributed by atoms with E-state index in [-0.39, 0.29) is 5.97 Å². The second kappa shape index (κ2) is 37.9. The maximum absolute atomic E-state index is 12.8. The molecule has 0 aliphatic rings. The van der Waals surface area contributed by atoms with Crippen molar-refractivity contribution in [1.29, 1.82) is 0 Å². The summed E-state index contributed by atoms with van der Waals surface area (Å²) in [7, 11) is 1.97. The first-order valence-corrected chi connectivity index (χ1v) is 24.5. The van der Waals surface area contributed by atoms with Crippen molar-refractivity contribution in [2.45, 2.75) is 236 Å². The minimum absolute atomic E-state index is 0.0133. The van der Waals surface area contributed by atoms with Crippen LogP contribution in [0.1, 0.15) is 236 Å². The van der Waals surface area contributed by atoms with Crippen LogP contribution in [0.15, 0.2) is 11.8 Å². The average Bonchev–Trinajstić information content (AvgIpc) is 3.14. The molecule has 1 N–H and O–H groups in total. The van der Waals surface area contributed by atoms with E-state index in [1.165, 1.54) is 128 Å². The monoisotopic (exact) mass is 790 g/mol. The third kappa shape index (κ3) is 34.7. The van der Waals surface area contributed by atoms with Crippen molar-refractivity contribution in [3.63, 3.8) is 0 Å². The first-order chi connectivity index (χ1) is 26.9. The van der Waals surface area contributed by atoms with Crippen molar-refractivity contribution in [3.05, 3.63) is 11.8 Å². The van der Waals surface area contributed by atoms with Crippen LogP contribution in [0.25, 0.3) is 0 Å². The van der Waals surface area contributed by atoms with Crippen molar-refractivity contribution in [1.82, 2.24) is 5.32 Å². The van der Waals surface area contributed by atoms with E-state index in [9.17, 15) is 9.59 Å². The molecular formula is C51H99NO4. The Hall–Kier alpha value is -1.36. The zero-order chi connectivity index (χ0) is 41.8. The van der Waals surface area contributed by atoms with Gasteiger partial charge in [0.25, 0.3) is 0 Å². The molecule has 5 heteroatoms. The summed E-state index contributed by atoms with van der Waals surface area (Å²) in [6.07, 6.45) is 33.3. The van der Waals surface area contributed by atoms with Crippen LogP contribution in [0.3, 0.4) is 0 Å². The van der Waals surface area contributed by atoms with Gasteiger partial charge in [0.1, 0.15) is 5.78 Å². The van der Waals surface area contributed by atoms with E-state index in [1.807, 2.05) is 7.05 Å². The highest BCUT2D eigenvalue weighted by molar-refractivity contribution is 5.78. The molecule has 0 aliphatic heterocycles. The lowest BCUT2D eigenvalue weighted by Gasteiger charge is -2.22. The number of carbonyl (C=O) groups is 2. The molecule has 0 amide bonds. The Morgan fingerprint density at radius 2 is 0.946 bits per heavy atom. The Morgan fingerprint density at radius 3 is 1.39 bits per heavy atom. The summed E-state index contributed by atoms with van der Waals surface area (Å²) < 4.78 is 11.8. The Labute approximate surface area is 350 Å². The third-order valence-corrected chi connectivity index (χ3v) is 12.4. The number of ether oxygens (including phenoxy) is 2. The van der Waals surface area contributed by atoms with E-state index < -0.39 is 0 Å². The smallest absolute Gasteiger partial charge is 0.305 e. The van der Waals surface area contributed by atoms with Crippen molar-refractivity contribution >= 4 is 11.8 Å². The molecule has 0 aromatic carbocycles. The van der Waals surface area contributed by atoms with Crippen LogP contribution in [0.5, 0.6) is 0 Å². The van der Waals surface area contributed by atoms with Gasteiger partial charge < -0.3 is 14.8 Å². The number of Topliss-reactive ketones (excluding diaryl/α,β-unsaturated/α-hetero) is 1. The quantitative estimate of drug-likeness (QED) is 0.0380. The van der Waals surface area contributed by atoms with Gasteiger partial charge in [0, 0.05) is 25.7 Å². The van der Waals surface area contributed by atoms with Gasteiger partial charge in [-0.25, -0.2) is 0 Å². The van der Waals surface area contributed by atoms with Crippen LogP contribution in [0, 0.1) is 41.4 Å². The van der Waals surface area contributed by atoms with Gasteiger partial charge in [0.15, 0.2) is 0 Å². The molecule has 0 aromatic heterocycles. The molecule has 332 valence electrons. The Bertz CT molecular complexity index is 925. The number of rotatable bonds is 41. The molecule has 0 saturated carbocycles. The molecular weight excluding hydrogens is 691 g/mol. The van der Waals surface area contributed by atoms with Gasteiger partial charge in [-0.15, -0.1) is 0 Å². The number of allylic oxidation sites excluding steroid dienone is 2. The number of esters is 1. The molecule has 0 spiro atoms. The van der Waals surface area contributed by atoms with Gasteiger partial charge in [0.05, 0.1) is 19.0 Å². The topological polar surface area (TPSA) is 64.6 Å². The average molecular weight is 790 g/mol. The van der Waals surface area contributed by atoms with E-state index in [1.54, 1.807) is 0 Å². The van der Waals surface area contributed by atoms with Crippen LogP contribution in [0.2, 0.25) is 0 Å². The van der Waals surface area contributed by atoms with E-state index >= 15 is 0 Å². The fourth-order valence-electron chi connectivity index (χ4n) is 8.19. The van der Waals surface area contributed by atoms with Gasteiger partial charge in [0.2, 0.25) is 0 Å². The first-order valence-electron chi connectivity index (χ1n) is 24.5. The van der Waals surface area contributed by atoms with E-state index in [2.05, 4.69) is 73.7 Å². The second-order valence-corrected chi connectivity index (χ2v) is 19.2. The highest BCUT2D eigenvalue weighted by Gasteiger charge is 2.17. The molecule has 0 bridgehead atoms. The molecule has 0 radical (unpaired) electrons. The van der Waals surface area contributed by atoms with Crippen LogP contribution >= 0.6 is 0 Å². The molecule has 0 heterocycles. The summed E-state index contributed by atoms with van der Waals surface area (Å²) in [6, 6.07) is 0. The van der Waals surface area contributed by atoms with Gasteiger partial charge >= 0.3 is 5.97 Å². The molecule has 0 saturated heterocycles. The lowest BCUT2D eigenvalue weighted by molar-refractivity contribution is -0.144. The van der Waals surface area contributed by atoms with Gasteiger partial charge in [-0.1, -0.05) is 158 Å². The standard InChI is InChI=1S/C51H99NO4/c1-11-50(55-39-36-47(44(6)7)34-32-42(2)3)30-24-20-16-12-14-18-22-27-46(41-49(53)29-26-38-52-10)28-23-19-15-13-17-21-25-31-51(54)56-40-37-48(45(8)9)35-33-43(4)5/h11,42-48,52H,12-41H2,1-10H3/b50-11-. The molecule has 0 rings (SSSR count). The number of nitrogens with one attached hydrogen (secondary N) is 1. The molecule has 0 aromatic rings. The van der Waals surface area contributed by atoms with Crippen LogP contribution < -0.4 is 5.32 Å². The zero-order valence-electron chi connectivity index (χ0n) is 39.5. The van der Waals surface area contributed by atoms with Gasteiger partial charge in [-0.05, 0) is 113 Å². The number of hydrogen-bond acceptors (Lipinski definition) is 5.